The van der Waals surface area contributed by atoms with Gasteiger partial charge in [0.1, 0.15) is 12.6 Å². The van der Waals surface area contributed by atoms with Crippen molar-refractivity contribution in [2.45, 2.75) is 25.4 Å². The number of hydrogen-bond donors (Lipinski definition) is 1. The van der Waals surface area contributed by atoms with Crippen molar-refractivity contribution in [1.82, 2.24) is 0 Å². The monoisotopic (exact) mass is 258 g/mol. The van der Waals surface area contributed by atoms with Crippen LogP contribution < -0.4 is 0 Å². The molecule has 1 aromatic rings. The molecule has 0 aromatic heterocycles. The average Bonchev–Trinajstić information content (AvgIpc) is 2.48. The number of rotatable bonds is 4. The molecule has 1 aromatic carbocycles. The van der Waals surface area contributed by atoms with Crippen LogP contribution >= 0.6 is 0 Å². The van der Waals surface area contributed by atoms with Gasteiger partial charge in [-0.1, -0.05) is 36.4 Å². The quantitative estimate of drug-likeness (QED) is 0.650. The van der Waals surface area contributed by atoms with Crippen molar-refractivity contribution in [3.63, 3.8) is 0 Å². The van der Waals surface area contributed by atoms with Gasteiger partial charge in [-0.15, -0.1) is 6.58 Å². The van der Waals surface area contributed by atoms with Crippen molar-refractivity contribution in [1.29, 1.82) is 0 Å². The molecule has 4 atom stereocenters. The molecule has 1 unspecified atom stereocenters. The summed E-state index contributed by atoms with van der Waals surface area (Å²) in [6, 6.07) is 11.2. The standard InChI is InChI=1S/C17H24NO/c1-2-15-12-18(11-14-6-4-3-5-7-14)9-8-16(15)10-17(18)13-19/h2-7,15-17,19H,1,8-13H2/q+1/t15-,16?,17-,18+/m0/s1. The lowest BCUT2D eigenvalue weighted by atomic mass is 9.73. The van der Waals surface area contributed by atoms with E-state index in [4.69, 9.17) is 0 Å². The van der Waals surface area contributed by atoms with Crippen molar-refractivity contribution in [3.05, 3.63) is 48.6 Å². The van der Waals surface area contributed by atoms with Crippen LogP contribution in [0.3, 0.4) is 0 Å². The van der Waals surface area contributed by atoms with Crippen molar-refractivity contribution in [2.75, 3.05) is 19.7 Å². The van der Waals surface area contributed by atoms with Crippen LogP contribution in [-0.4, -0.2) is 35.3 Å². The Morgan fingerprint density at radius 1 is 1.32 bits per heavy atom. The van der Waals surface area contributed by atoms with E-state index in [-0.39, 0.29) is 0 Å². The van der Waals surface area contributed by atoms with E-state index < -0.39 is 0 Å². The predicted octanol–water partition coefficient (Wildman–Crippen LogP) is 2.59. The molecule has 0 radical (unpaired) electrons. The lowest BCUT2D eigenvalue weighted by Gasteiger charge is -2.56. The number of quaternary nitrogens is 1. The Balaban J connectivity index is 1.87. The summed E-state index contributed by atoms with van der Waals surface area (Å²) in [7, 11) is 0. The molecule has 0 saturated carbocycles. The second-order valence-corrected chi connectivity index (χ2v) is 6.29. The number of fused-ring (bicyclic) bond motifs is 3. The molecule has 102 valence electrons. The normalized spacial score (nSPS) is 37.2. The van der Waals surface area contributed by atoms with Gasteiger partial charge in [-0.2, -0.15) is 0 Å². The molecule has 19 heavy (non-hydrogen) atoms. The number of nitrogens with zero attached hydrogens (tertiary/aromatic N) is 1. The molecule has 2 bridgehead atoms. The Bertz CT molecular complexity index is 444. The van der Waals surface area contributed by atoms with E-state index in [0.29, 0.717) is 18.6 Å². The van der Waals surface area contributed by atoms with Crippen LogP contribution in [0.2, 0.25) is 0 Å². The van der Waals surface area contributed by atoms with Gasteiger partial charge in [0.2, 0.25) is 0 Å². The smallest absolute Gasteiger partial charge is 0.113 e. The van der Waals surface area contributed by atoms with E-state index in [1.807, 2.05) is 0 Å². The average molecular weight is 258 g/mol. The minimum Gasteiger partial charge on any atom is -0.390 e. The number of benzene rings is 1. The number of aliphatic hydroxyl groups is 1. The molecule has 1 N–H and O–H groups in total. The van der Waals surface area contributed by atoms with Crippen molar-refractivity contribution >= 4 is 0 Å². The van der Waals surface area contributed by atoms with Crippen LogP contribution in [0.5, 0.6) is 0 Å². The Kier molecular flexibility index (Phi) is 3.46. The molecular weight excluding hydrogens is 234 g/mol. The molecule has 0 amide bonds. The molecule has 3 heterocycles. The zero-order chi connectivity index (χ0) is 13.3. The maximum absolute atomic E-state index is 9.77. The predicted molar refractivity (Wildman–Crippen MR) is 77.4 cm³/mol. The van der Waals surface area contributed by atoms with Crippen LogP contribution in [0.15, 0.2) is 43.0 Å². The van der Waals surface area contributed by atoms with E-state index in [1.54, 1.807) is 0 Å². The topological polar surface area (TPSA) is 20.2 Å². The minimum absolute atomic E-state index is 0.327. The summed E-state index contributed by atoms with van der Waals surface area (Å²) in [6.07, 6.45) is 4.61. The van der Waals surface area contributed by atoms with Crippen LogP contribution in [0.4, 0.5) is 0 Å². The second-order valence-electron chi connectivity index (χ2n) is 6.29. The first-order valence-corrected chi connectivity index (χ1v) is 7.40. The first kappa shape index (κ1) is 12.9. The lowest BCUT2D eigenvalue weighted by Crippen LogP contribution is -2.67. The third-order valence-corrected chi connectivity index (χ3v) is 5.33. The Labute approximate surface area is 116 Å². The van der Waals surface area contributed by atoms with Crippen LogP contribution in [0.25, 0.3) is 0 Å². The molecule has 3 saturated heterocycles. The summed E-state index contributed by atoms with van der Waals surface area (Å²) in [6.45, 7) is 7.78. The Morgan fingerprint density at radius 2 is 2.11 bits per heavy atom. The van der Waals surface area contributed by atoms with Gasteiger partial charge in [0, 0.05) is 24.3 Å². The fraction of sp³-hybridized carbons (Fsp3) is 0.529. The first-order valence-electron chi connectivity index (χ1n) is 7.40. The van der Waals surface area contributed by atoms with E-state index in [2.05, 4.69) is 43.0 Å². The highest BCUT2D eigenvalue weighted by Crippen LogP contribution is 2.43. The zero-order valence-electron chi connectivity index (χ0n) is 11.5. The number of hydrogen-bond acceptors (Lipinski definition) is 1. The summed E-state index contributed by atoms with van der Waals surface area (Å²) in [5.74, 6) is 1.39. The summed E-state index contributed by atoms with van der Waals surface area (Å²) in [5.41, 5.74) is 1.39. The molecule has 3 aliphatic heterocycles. The van der Waals surface area contributed by atoms with Gasteiger partial charge in [0.05, 0.1) is 19.7 Å². The summed E-state index contributed by atoms with van der Waals surface area (Å²) >= 11 is 0. The van der Waals surface area contributed by atoms with Crippen LogP contribution in [0.1, 0.15) is 18.4 Å². The molecule has 0 aliphatic carbocycles. The highest BCUT2D eigenvalue weighted by atomic mass is 16.3. The fourth-order valence-corrected chi connectivity index (χ4v) is 4.23. The third-order valence-electron chi connectivity index (χ3n) is 5.33. The maximum Gasteiger partial charge on any atom is 0.113 e. The fourth-order valence-electron chi connectivity index (χ4n) is 4.23. The van der Waals surface area contributed by atoms with Gasteiger partial charge in [0.15, 0.2) is 0 Å². The maximum atomic E-state index is 9.77. The van der Waals surface area contributed by atoms with E-state index in [1.165, 1.54) is 24.9 Å². The summed E-state index contributed by atoms with van der Waals surface area (Å²) in [5, 5.41) is 9.77. The van der Waals surface area contributed by atoms with Crippen molar-refractivity contribution in [2.24, 2.45) is 11.8 Å². The van der Waals surface area contributed by atoms with Gasteiger partial charge >= 0.3 is 0 Å². The lowest BCUT2D eigenvalue weighted by molar-refractivity contribution is -0.981. The summed E-state index contributed by atoms with van der Waals surface area (Å²) < 4.78 is 1.06. The molecule has 2 heteroatoms. The van der Waals surface area contributed by atoms with Crippen molar-refractivity contribution in [3.8, 4) is 0 Å². The second kappa shape index (κ2) is 5.10. The third kappa shape index (κ3) is 2.24. The first-order chi connectivity index (χ1) is 9.27. The van der Waals surface area contributed by atoms with Gasteiger partial charge in [-0.25, -0.2) is 0 Å². The highest BCUT2D eigenvalue weighted by Gasteiger charge is 2.50. The minimum atomic E-state index is 0.327. The van der Waals surface area contributed by atoms with Gasteiger partial charge in [0.25, 0.3) is 0 Å². The molecule has 3 fully saturated rings. The van der Waals surface area contributed by atoms with Crippen LogP contribution in [-0.2, 0) is 6.54 Å². The molecule has 0 spiro atoms. The summed E-state index contributed by atoms with van der Waals surface area (Å²) in [4.78, 5) is 0. The van der Waals surface area contributed by atoms with Gasteiger partial charge in [-0.3, -0.25) is 0 Å². The van der Waals surface area contributed by atoms with Crippen molar-refractivity contribution < 1.29 is 9.59 Å². The van der Waals surface area contributed by atoms with E-state index >= 15 is 0 Å². The molecule has 2 nitrogen and oxygen atoms in total. The zero-order valence-corrected chi connectivity index (χ0v) is 11.5. The Morgan fingerprint density at radius 3 is 2.79 bits per heavy atom. The largest absolute Gasteiger partial charge is 0.390 e. The van der Waals surface area contributed by atoms with Gasteiger partial charge in [-0.05, 0) is 5.92 Å². The molecule has 4 rings (SSSR count). The molecular formula is C17H24NO+. The highest BCUT2D eigenvalue weighted by molar-refractivity contribution is 5.14. The molecule has 3 aliphatic rings. The number of piperidine rings is 3. The Hall–Kier alpha value is -1.12. The SMILES string of the molecule is C=C[C@H]1C[N@+]2(Cc3ccccc3)CCC1C[C@H]2CO. The van der Waals surface area contributed by atoms with E-state index in [0.717, 1.165) is 23.5 Å². The van der Waals surface area contributed by atoms with E-state index in [9.17, 15) is 5.11 Å². The number of aliphatic hydroxyl groups excluding tert-OH is 1. The van der Waals surface area contributed by atoms with Gasteiger partial charge < -0.3 is 9.59 Å². The van der Waals surface area contributed by atoms with Crippen LogP contribution in [0, 0.1) is 11.8 Å².